The first kappa shape index (κ1) is 16.9. The van der Waals surface area contributed by atoms with Crippen molar-refractivity contribution >= 4 is 38.4 Å². The van der Waals surface area contributed by atoms with E-state index in [1.54, 1.807) is 7.11 Å². The Bertz CT molecular complexity index is 861. The highest BCUT2D eigenvalue weighted by molar-refractivity contribution is 8.16. The second-order valence-electron chi connectivity index (χ2n) is 6.85. The Kier molecular flexibility index (Phi) is 4.07. The molecule has 0 aromatic heterocycles. The maximum absolute atomic E-state index is 12.2. The SMILES string of the molecule is COc1ccc(C)cc1N1C(=NC(=O)C2CC2)S[C@H]2CS(=O)(=O)C[C@@H]21. The number of amides is 1. The highest BCUT2D eigenvalue weighted by Gasteiger charge is 2.50. The number of amidine groups is 1. The van der Waals surface area contributed by atoms with Crippen molar-refractivity contribution in [1.82, 2.24) is 0 Å². The minimum atomic E-state index is -3.08. The average Bonchev–Trinajstić information content (AvgIpc) is 3.28. The topological polar surface area (TPSA) is 76.0 Å². The number of thioether (sulfide) groups is 1. The number of ether oxygens (including phenoxy) is 1. The minimum Gasteiger partial charge on any atom is -0.495 e. The molecule has 2 heterocycles. The molecule has 134 valence electrons. The predicted octanol–water partition coefficient (Wildman–Crippen LogP) is 2.02. The van der Waals surface area contributed by atoms with Crippen LogP contribution in [0, 0.1) is 12.8 Å². The molecule has 0 bridgehead atoms. The highest BCUT2D eigenvalue weighted by atomic mass is 32.2. The van der Waals surface area contributed by atoms with Crippen molar-refractivity contribution in [2.24, 2.45) is 10.9 Å². The molecule has 1 aliphatic carbocycles. The van der Waals surface area contributed by atoms with Crippen molar-refractivity contribution in [3.05, 3.63) is 23.8 Å². The summed E-state index contributed by atoms with van der Waals surface area (Å²) in [6.45, 7) is 1.97. The van der Waals surface area contributed by atoms with Crippen LogP contribution in [0.5, 0.6) is 5.75 Å². The number of methoxy groups -OCH3 is 1. The lowest BCUT2D eigenvalue weighted by Crippen LogP contribution is -2.38. The van der Waals surface area contributed by atoms with E-state index in [1.165, 1.54) is 11.8 Å². The van der Waals surface area contributed by atoms with E-state index in [1.807, 2.05) is 30.0 Å². The van der Waals surface area contributed by atoms with Crippen LogP contribution in [-0.4, -0.2) is 49.4 Å². The number of fused-ring (bicyclic) bond motifs is 1. The number of hydrogen-bond acceptors (Lipinski definition) is 5. The fourth-order valence-electron chi connectivity index (χ4n) is 3.35. The van der Waals surface area contributed by atoms with Gasteiger partial charge in [0, 0.05) is 11.2 Å². The van der Waals surface area contributed by atoms with Crippen molar-refractivity contribution < 1.29 is 17.9 Å². The average molecular weight is 380 g/mol. The number of aliphatic imine (C=N–C) groups is 1. The molecule has 1 aromatic rings. The van der Waals surface area contributed by atoms with E-state index in [0.717, 1.165) is 24.1 Å². The number of benzene rings is 1. The van der Waals surface area contributed by atoms with Crippen LogP contribution in [0.25, 0.3) is 0 Å². The molecule has 0 spiro atoms. The summed E-state index contributed by atoms with van der Waals surface area (Å²) >= 11 is 1.41. The maximum atomic E-state index is 12.2. The van der Waals surface area contributed by atoms with E-state index >= 15 is 0 Å². The van der Waals surface area contributed by atoms with Gasteiger partial charge in [0.2, 0.25) is 0 Å². The first-order chi connectivity index (χ1) is 11.9. The van der Waals surface area contributed by atoms with Gasteiger partial charge in [-0.2, -0.15) is 4.99 Å². The lowest BCUT2D eigenvalue weighted by Gasteiger charge is -2.26. The minimum absolute atomic E-state index is 0.0403. The summed E-state index contributed by atoms with van der Waals surface area (Å²) in [5.74, 6) is 0.811. The highest BCUT2D eigenvalue weighted by Crippen LogP contribution is 2.44. The summed E-state index contributed by atoms with van der Waals surface area (Å²) in [6.07, 6.45) is 1.80. The monoisotopic (exact) mass is 380 g/mol. The molecule has 3 fully saturated rings. The molecule has 1 aromatic carbocycles. The van der Waals surface area contributed by atoms with Gasteiger partial charge in [-0.3, -0.25) is 4.79 Å². The van der Waals surface area contributed by atoms with E-state index in [4.69, 9.17) is 4.74 Å². The number of rotatable bonds is 3. The Morgan fingerprint density at radius 2 is 2.08 bits per heavy atom. The summed E-state index contributed by atoms with van der Waals surface area (Å²) in [6, 6.07) is 5.56. The molecule has 0 N–H and O–H groups in total. The first-order valence-corrected chi connectivity index (χ1v) is 11.0. The largest absolute Gasteiger partial charge is 0.495 e. The summed E-state index contributed by atoms with van der Waals surface area (Å²) in [5.41, 5.74) is 1.82. The van der Waals surface area contributed by atoms with Crippen molar-refractivity contribution in [3.8, 4) is 5.75 Å². The Morgan fingerprint density at radius 1 is 1.32 bits per heavy atom. The van der Waals surface area contributed by atoms with E-state index in [0.29, 0.717) is 10.9 Å². The molecule has 1 amide bonds. The quantitative estimate of drug-likeness (QED) is 0.798. The molecule has 6 nitrogen and oxygen atoms in total. The van der Waals surface area contributed by atoms with Crippen molar-refractivity contribution in [1.29, 1.82) is 0 Å². The van der Waals surface area contributed by atoms with Crippen molar-refractivity contribution in [2.75, 3.05) is 23.5 Å². The number of carbonyl (C=O) groups is 1. The normalized spacial score (nSPS) is 29.0. The number of aryl methyl sites for hydroxylation is 1. The van der Waals surface area contributed by atoms with E-state index in [-0.39, 0.29) is 34.6 Å². The Hall–Kier alpha value is -1.54. The smallest absolute Gasteiger partial charge is 0.251 e. The fraction of sp³-hybridized carbons (Fsp3) is 0.529. The van der Waals surface area contributed by atoms with Gasteiger partial charge in [-0.25, -0.2) is 8.42 Å². The van der Waals surface area contributed by atoms with Crippen LogP contribution < -0.4 is 9.64 Å². The Balaban J connectivity index is 1.78. The molecule has 25 heavy (non-hydrogen) atoms. The molecule has 2 atom stereocenters. The number of nitrogens with zero attached hydrogens (tertiary/aromatic N) is 2. The lowest BCUT2D eigenvalue weighted by molar-refractivity contribution is -0.118. The predicted molar refractivity (Wildman–Crippen MR) is 99.2 cm³/mol. The number of sulfone groups is 1. The van der Waals surface area contributed by atoms with Crippen LogP contribution >= 0.6 is 11.8 Å². The van der Waals surface area contributed by atoms with Crippen LogP contribution in [-0.2, 0) is 14.6 Å². The zero-order valence-corrected chi connectivity index (χ0v) is 15.8. The molecule has 3 aliphatic rings. The van der Waals surface area contributed by atoms with Gasteiger partial charge < -0.3 is 9.64 Å². The molecule has 0 unspecified atom stereocenters. The van der Waals surface area contributed by atoms with Gasteiger partial charge >= 0.3 is 0 Å². The first-order valence-electron chi connectivity index (χ1n) is 8.31. The zero-order chi connectivity index (χ0) is 17.8. The van der Waals surface area contributed by atoms with Gasteiger partial charge in [0.25, 0.3) is 5.91 Å². The lowest BCUT2D eigenvalue weighted by atomic mass is 10.1. The summed E-state index contributed by atoms with van der Waals surface area (Å²) < 4.78 is 29.7. The van der Waals surface area contributed by atoms with Gasteiger partial charge in [0.1, 0.15) is 5.75 Å². The molecular formula is C17H20N2O4S2. The Labute approximate surface area is 151 Å². The summed E-state index contributed by atoms with van der Waals surface area (Å²) in [5, 5.41) is 0.506. The van der Waals surface area contributed by atoms with Crippen LogP contribution in [0.4, 0.5) is 5.69 Å². The van der Waals surface area contributed by atoms with Crippen molar-refractivity contribution in [2.45, 2.75) is 31.1 Å². The van der Waals surface area contributed by atoms with Gasteiger partial charge in [0.15, 0.2) is 15.0 Å². The third kappa shape index (κ3) is 3.17. The molecule has 4 rings (SSSR count). The number of hydrogen-bond donors (Lipinski definition) is 0. The van der Waals surface area contributed by atoms with E-state index in [2.05, 4.69) is 4.99 Å². The summed E-state index contributed by atoms with van der Waals surface area (Å²) in [7, 11) is -1.49. The van der Waals surface area contributed by atoms with Crippen LogP contribution in [0.1, 0.15) is 18.4 Å². The standard InChI is InChI=1S/C17H20N2O4S2/c1-10-3-6-14(23-2)12(7-10)19-13-8-25(21,22)9-15(13)24-17(19)18-16(20)11-4-5-11/h3,6-7,11,13,15H,4-5,8-9H2,1-2H3/t13-,15-/m0/s1. The molecule has 1 saturated carbocycles. The Morgan fingerprint density at radius 3 is 2.76 bits per heavy atom. The number of anilines is 1. The van der Waals surface area contributed by atoms with Crippen molar-refractivity contribution in [3.63, 3.8) is 0 Å². The second-order valence-corrected chi connectivity index (χ2v) is 10.2. The maximum Gasteiger partial charge on any atom is 0.251 e. The molecule has 2 saturated heterocycles. The van der Waals surface area contributed by atoms with Crippen LogP contribution in [0.3, 0.4) is 0 Å². The third-order valence-corrected chi connectivity index (χ3v) is 8.00. The van der Waals surface area contributed by atoms with Gasteiger partial charge in [-0.15, -0.1) is 0 Å². The molecular weight excluding hydrogens is 360 g/mol. The van der Waals surface area contributed by atoms with Gasteiger partial charge in [-0.05, 0) is 37.5 Å². The third-order valence-electron chi connectivity index (χ3n) is 4.79. The van der Waals surface area contributed by atoms with Crippen LogP contribution in [0.15, 0.2) is 23.2 Å². The van der Waals surface area contributed by atoms with Gasteiger partial charge in [-0.1, -0.05) is 17.8 Å². The van der Waals surface area contributed by atoms with E-state index < -0.39 is 9.84 Å². The summed E-state index contributed by atoms with van der Waals surface area (Å²) in [4.78, 5) is 18.5. The van der Waals surface area contributed by atoms with E-state index in [9.17, 15) is 13.2 Å². The second kappa shape index (κ2) is 6.02. The van der Waals surface area contributed by atoms with Crippen LogP contribution in [0.2, 0.25) is 0 Å². The zero-order valence-electron chi connectivity index (χ0n) is 14.1. The molecule has 2 aliphatic heterocycles. The number of carbonyl (C=O) groups excluding carboxylic acids is 1. The molecule has 8 heteroatoms. The molecule has 0 radical (unpaired) electrons. The fourth-order valence-corrected chi connectivity index (χ4v) is 7.26. The van der Waals surface area contributed by atoms with Gasteiger partial charge in [0.05, 0.1) is 30.3 Å².